The molecule has 0 radical (unpaired) electrons. The lowest BCUT2D eigenvalue weighted by Gasteiger charge is -2.12. The predicted molar refractivity (Wildman–Crippen MR) is 186 cm³/mol. The van der Waals surface area contributed by atoms with Crippen molar-refractivity contribution >= 4 is 57.2 Å². The number of hydrogen-bond donors (Lipinski definition) is 6. The summed E-state index contributed by atoms with van der Waals surface area (Å²) in [4.78, 5) is 69.2. The van der Waals surface area contributed by atoms with Crippen LogP contribution in [0.3, 0.4) is 0 Å². The van der Waals surface area contributed by atoms with E-state index in [-0.39, 0.29) is 49.6 Å². The summed E-state index contributed by atoms with van der Waals surface area (Å²) in [5, 5.41) is 14.5. The van der Waals surface area contributed by atoms with Gasteiger partial charge in [0.2, 0.25) is 23.6 Å². The summed E-state index contributed by atoms with van der Waals surface area (Å²) < 4.78 is 2.24. The van der Waals surface area contributed by atoms with Crippen LogP contribution in [0.25, 0.3) is 21.9 Å². The maximum absolute atomic E-state index is 12.3. The lowest BCUT2D eigenvalue weighted by atomic mass is 10.1. The fraction of sp³-hybridized carbons (Fsp3) is 0.559. The molecule has 4 amide bonds. The molecule has 14 heteroatoms. The number of carbonyl (C=O) groups is 5. The minimum atomic E-state index is -0.503. The largest absolute Gasteiger partial charge is 0.382 e. The van der Waals surface area contributed by atoms with Crippen molar-refractivity contribution in [2.24, 2.45) is 0 Å². The number of nitrogens with zero attached hydrogens (tertiary/aromatic N) is 3. The first-order valence-electron chi connectivity index (χ1n) is 16.9. The lowest BCUT2D eigenvalue weighted by molar-refractivity contribution is -0.129. The molecule has 2 aromatic heterocycles. The summed E-state index contributed by atoms with van der Waals surface area (Å²) in [6.45, 7) is 4.84. The van der Waals surface area contributed by atoms with Gasteiger partial charge in [0, 0.05) is 44.3 Å². The highest BCUT2D eigenvalue weighted by Gasteiger charge is 2.17. The van der Waals surface area contributed by atoms with E-state index < -0.39 is 11.8 Å². The standard InChI is InChI=1S/C34H51N9O5/c1-4-5-15-27-42-32-33(24-12-6-7-14-26(24)41-34(32)35)43(27)20-11-10-19-37-28(45)16-17-29(46)39-22-31(48)40-21-30(47)38-18-9-8-13-25(36-3)23(2)44/h6-7,12,14,25,36H,4-5,8-11,13,15-22H2,1-3H3,(H2,35,41)(H,37,45)(H,38,47)(H,39,46)(H,40,48). The molecule has 0 fully saturated rings. The number of nitrogens with one attached hydrogen (secondary N) is 5. The topological polar surface area (TPSA) is 202 Å². The number of amides is 4. The van der Waals surface area contributed by atoms with Gasteiger partial charge in [0.1, 0.15) is 17.1 Å². The number of carbonyl (C=O) groups excluding carboxylic acids is 5. The number of imidazole rings is 1. The van der Waals surface area contributed by atoms with Gasteiger partial charge in [-0.2, -0.15) is 0 Å². The molecule has 3 aromatic rings. The van der Waals surface area contributed by atoms with Crippen LogP contribution in [-0.2, 0) is 36.9 Å². The Kier molecular flexibility index (Phi) is 15.7. The summed E-state index contributed by atoms with van der Waals surface area (Å²) in [5.74, 6) is -0.0178. The Hall–Kier alpha value is -4.59. The average Bonchev–Trinajstić information content (AvgIpc) is 3.44. The molecule has 0 saturated heterocycles. The summed E-state index contributed by atoms with van der Waals surface area (Å²) >= 11 is 0. The van der Waals surface area contributed by atoms with E-state index in [2.05, 4.69) is 43.1 Å². The number of fused-ring (bicyclic) bond motifs is 3. The Morgan fingerprint density at radius 3 is 2.12 bits per heavy atom. The molecule has 1 aromatic carbocycles. The van der Waals surface area contributed by atoms with Crippen molar-refractivity contribution in [1.82, 2.24) is 41.1 Å². The third-order valence-corrected chi connectivity index (χ3v) is 8.13. The fourth-order valence-corrected chi connectivity index (χ4v) is 5.43. The van der Waals surface area contributed by atoms with E-state index in [1.807, 2.05) is 24.3 Å². The van der Waals surface area contributed by atoms with E-state index in [4.69, 9.17) is 10.7 Å². The van der Waals surface area contributed by atoms with Gasteiger partial charge in [-0.3, -0.25) is 24.0 Å². The number of nitrogen functional groups attached to an aromatic ring is 1. The summed E-state index contributed by atoms with van der Waals surface area (Å²) in [6.07, 6.45) is 6.60. The van der Waals surface area contributed by atoms with Gasteiger partial charge >= 0.3 is 0 Å². The van der Waals surface area contributed by atoms with Crippen molar-refractivity contribution in [3.8, 4) is 0 Å². The average molecular weight is 666 g/mol. The highest BCUT2D eigenvalue weighted by Crippen LogP contribution is 2.29. The Morgan fingerprint density at radius 2 is 1.44 bits per heavy atom. The number of rotatable bonds is 22. The molecule has 14 nitrogen and oxygen atoms in total. The first-order chi connectivity index (χ1) is 23.1. The second-order valence-corrected chi connectivity index (χ2v) is 11.9. The minimum absolute atomic E-state index is 0.00291. The molecule has 1 unspecified atom stereocenters. The first kappa shape index (κ1) is 37.9. The molecule has 0 aliphatic carbocycles. The van der Waals surface area contributed by atoms with Crippen LogP contribution in [0.2, 0.25) is 0 Å². The van der Waals surface area contributed by atoms with Crippen molar-refractivity contribution < 1.29 is 24.0 Å². The monoisotopic (exact) mass is 665 g/mol. The van der Waals surface area contributed by atoms with Crippen molar-refractivity contribution in [1.29, 1.82) is 0 Å². The maximum Gasteiger partial charge on any atom is 0.239 e. The zero-order valence-corrected chi connectivity index (χ0v) is 28.5. The van der Waals surface area contributed by atoms with Crippen LogP contribution in [0.4, 0.5) is 5.82 Å². The number of likely N-dealkylation sites (N-methyl/N-ethyl adjacent to an activating group) is 1. The summed E-state index contributed by atoms with van der Waals surface area (Å²) in [6, 6.07) is 7.73. The number of benzene rings is 1. The number of anilines is 1. The van der Waals surface area contributed by atoms with Gasteiger partial charge in [0.25, 0.3) is 0 Å². The highest BCUT2D eigenvalue weighted by molar-refractivity contribution is 6.06. The Labute approximate surface area is 281 Å². The van der Waals surface area contributed by atoms with E-state index in [0.29, 0.717) is 31.7 Å². The molecule has 48 heavy (non-hydrogen) atoms. The number of aryl methyl sites for hydroxylation is 2. The minimum Gasteiger partial charge on any atom is -0.382 e. The van der Waals surface area contributed by atoms with E-state index in [9.17, 15) is 24.0 Å². The quantitative estimate of drug-likeness (QED) is 0.0867. The number of para-hydroxylation sites is 1. The molecule has 0 bridgehead atoms. The lowest BCUT2D eigenvalue weighted by Crippen LogP contribution is -2.42. The number of Topliss-reactive ketones (excluding diaryl/α,β-unsaturated/α-hetero) is 1. The van der Waals surface area contributed by atoms with Crippen LogP contribution in [0.15, 0.2) is 24.3 Å². The fourth-order valence-electron chi connectivity index (χ4n) is 5.43. The summed E-state index contributed by atoms with van der Waals surface area (Å²) in [5.41, 5.74) is 8.83. The molecule has 0 saturated carbocycles. The second-order valence-electron chi connectivity index (χ2n) is 11.9. The zero-order valence-electron chi connectivity index (χ0n) is 28.5. The van der Waals surface area contributed by atoms with Crippen LogP contribution < -0.4 is 32.3 Å². The first-order valence-corrected chi connectivity index (χ1v) is 16.9. The molecule has 0 aliphatic rings. The van der Waals surface area contributed by atoms with Crippen molar-refractivity contribution in [3.63, 3.8) is 0 Å². The van der Waals surface area contributed by atoms with Gasteiger partial charge in [-0.1, -0.05) is 31.5 Å². The highest BCUT2D eigenvalue weighted by atomic mass is 16.2. The molecule has 3 rings (SSSR count). The molecule has 0 aliphatic heterocycles. The number of aromatic nitrogens is 3. The number of ketones is 1. The molecule has 262 valence electrons. The predicted octanol–water partition coefficient (Wildman–Crippen LogP) is 1.88. The van der Waals surface area contributed by atoms with E-state index >= 15 is 0 Å². The van der Waals surface area contributed by atoms with Gasteiger partial charge in [-0.05, 0) is 58.6 Å². The number of hydrogen-bond acceptors (Lipinski definition) is 9. The molecule has 7 N–H and O–H groups in total. The van der Waals surface area contributed by atoms with Gasteiger partial charge in [-0.25, -0.2) is 9.97 Å². The van der Waals surface area contributed by atoms with Crippen molar-refractivity contribution in [3.05, 3.63) is 30.1 Å². The van der Waals surface area contributed by atoms with E-state index in [1.54, 1.807) is 14.0 Å². The van der Waals surface area contributed by atoms with Crippen molar-refractivity contribution in [2.75, 3.05) is 39.0 Å². The Balaban J connectivity index is 1.30. The molecular weight excluding hydrogens is 614 g/mol. The third kappa shape index (κ3) is 11.9. The molecule has 2 heterocycles. The van der Waals surface area contributed by atoms with Gasteiger partial charge < -0.3 is 36.9 Å². The van der Waals surface area contributed by atoms with Gasteiger partial charge in [-0.15, -0.1) is 0 Å². The van der Waals surface area contributed by atoms with Crippen molar-refractivity contribution in [2.45, 2.75) is 90.6 Å². The number of pyridine rings is 1. The molecular formula is C34H51N9O5. The van der Waals surface area contributed by atoms with Crippen LogP contribution >= 0.6 is 0 Å². The van der Waals surface area contributed by atoms with Gasteiger partial charge in [0.15, 0.2) is 5.82 Å². The SMILES string of the molecule is CCCCc1nc2c(N)nc3ccccc3c2n1CCCCNC(=O)CCC(=O)NCC(=O)NCC(=O)NCCCCC(NC)C(C)=O. The molecule has 0 spiro atoms. The zero-order chi connectivity index (χ0) is 34.9. The number of unbranched alkanes of at least 4 members (excludes halogenated alkanes) is 3. The van der Waals surface area contributed by atoms with Crippen LogP contribution in [-0.4, -0.2) is 83.2 Å². The summed E-state index contributed by atoms with van der Waals surface area (Å²) in [7, 11) is 1.74. The van der Waals surface area contributed by atoms with Crippen LogP contribution in [0, 0.1) is 0 Å². The molecule has 1 atom stereocenters. The van der Waals surface area contributed by atoms with E-state index in [1.165, 1.54) is 0 Å². The smallest absolute Gasteiger partial charge is 0.239 e. The number of nitrogens with two attached hydrogens (primary N) is 1. The van der Waals surface area contributed by atoms with Crippen LogP contribution in [0.1, 0.15) is 77.5 Å². The van der Waals surface area contributed by atoms with Gasteiger partial charge in [0.05, 0.1) is 30.2 Å². The third-order valence-electron chi connectivity index (χ3n) is 8.13. The van der Waals surface area contributed by atoms with E-state index in [0.717, 1.165) is 72.8 Å². The second kappa shape index (κ2) is 19.9. The van der Waals surface area contributed by atoms with Crippen LogP contribution in [0.5, 0.6) is 0 Å². The Bertz CT molecular complexity index is 1550. The Morgan fingerprint density at radius 1 is 0.812 bits per heavy atom. The maximum atomic E-state index is 12.3. The normalized spacial score (nSPS) is 11.7.